The molecule has 1 aliphatic heterocycles. The van der Waals surface area contributed by atoms with E-state index in [-0.39, 0.29) is 30.6 Å². The van der Waals surface area contributed by atoms with Crippen LogP contribution in [0.25, 0.3) is 0 Å². The van der Waals surface area contributed by atoms with Gasteiger partial charge < -0.3 is 10.2 Å². The Hall–Kier alpha value is -2.25. The van der Waals surface area contributed by atoms with Crippen molar-refractivity contribution in [3.63, 3.8) is 0 Å². The number of benzene rings is 1. The minimum Gasteiger partial charge on any atom is -0.312 e. The third kappa shape index (κ3) is 3.47. The number of carbonyl (C=O) groups is 3. The van der Waals surface area contributed by atoms with Crippen molar-refractivity contribution in [1.29, 1.82) is 0 Å². The average molecular weight is 364 g/mol. The topological polar surface area (TPSA) is 79.4 Å². The Morgan fingerprint density at radius 3 is 2.88 bits per heavy atom. The van der Waals surface area contributed by atoms with E-state index >= 15 is 0 Å². The van der Waals surface area contributed by atoms with E-state index in [0.29, 0.717) is 21.5 Å². The molecule has 0 aliphatic carbocycles. The predicted molar refractivity (Wildman–Crippen MR) is 92.7 cm³/mol. The molecule has 1 atom stereocenters. The zero-order valence-electron chi connectivity index (χ0n) is 12.8. The third-order valence-corrected chi connectivity index (χ3v) is 4.70. The highest BCUT2D eigenvalue weighted by Crippen LogP contribution is 2.28. The van der Waals surface area contributed by atoms with Gasteiger partial charge in [0.2, 0.25) is 11.8 Å². The highest BCUT2D eigenvalue weighted by Gasteiger charge is 2.35. The molecule has 1 fully saturated rings. The molecule has 6 nitrogen and oxygen atoms in total. The molecule has 2 aromatic rings. The number of ketones is 1. The maximum Gasteiger partial charge on any atom is 0.231 e. The summed E-state index contributed by atoms with van der Waals surface area (Å²) in [5.41, 5.74) is 0.995. The van der Waals surface area contributed by atoms with Crippen molar-refractivity contribution in [2.75, 3.05) is 16.8 Å². The molecule has 3 rings (SSSR count). The molecule has 1 saturated heterocycles. The van der Waals surface area contributed by atoms with Crippen LogP contribution < -0.4 is 10.2 Å². The number of carbonyl (C=O) groups excluding carboxylic acids is 3. The van der Waals surface area contributed by atoms with Crippen molar-refractivity contribution < 1.29 is 14.4 Å². The van der Waals surface area contributed by atoms with Crippen LogP contribution in [0.5, 0.6) is 0 Å². The summed E-state index contributed by atoms with van der Waals surface area (Å²) >= 11 is 7.14. The van der Waals surface area contributed by atoms with Gasteiger partial charge in [0.05, 0.1) is 5.92 Å². The van der Waals surface area contributed by atoms with E-state index in [1.54, 1.807) is 34.5 Å². The molecule has 124 valence electrons. The highest BCUT2D eigenvalue weighted by molar-refractivity contribution is 7.14. The van der Waals surface area contributed by atoms with E-state index in [9.17, 15) is 14.4 Å². The second kappa shape index (κ2) is 6.70. The highest BCUT2D eigenvalue weighted by atomic mass is 35.5. The fraction of sp³-hybridized carbons (Fsp3) is 0.250. The third-order valence-electron chi connectivity index (χ3n) is 3.71. The number of anilines is 2. The van der Waals surface area contributed by atoms with Gasteiger partial charge >= 0.3 is 0 Å². The first-order valence-electron chi connectivity index (χ1n) is 7.27. The maximum atomic E-state index is 12.3. The van der Waals surface area contributed by atoms with Crippen molar-refractivity contribution in [1.82, 2.24) is 4.98 Å². The van der Waals surface area contributed by atoms with E-state index in [2.05, 4.69) is 10.3 Å². The predicted octanol–water partition coefficient (Wildman–Crippen LogP) is 2.99. The van der Waals surface area contributed by atoms with Crippen molar-refractivity contribution >= 4 is 51.4 Å². The molecular weight excluding hydrogens is 350 g/mol. The summed E-state index contributed by atoms with van der Waals surface area (Å²) in [6.07, 6.45) is 0.128. The Labute approximate surface area is 147 Å². The number of thiazole rings is 1. The zero-order chi connectivity index (χ0) is 17.3. The fourth-order valence-corrected chi connectivity index (χ4v) is 3.41. The number of nitrogens with zero attached hydrogens (tertiary/aromatic N) is 2. The lowest BCUT2D eigenvalue weighted by Gasteiger charge is -2.16. The molecule has 2 heterocycles. The van der Waals surface area contributed by atoms with E-state index in [0.717, 1.165) is 0 Å². The van der Waals surface area contributed by atoms with Crippen LogP contribution in [0.4, 0.5) is 10.8 Å². The average Bonchev–Trinajstić information content (AvgIpc) is 3.14. The first kappa shape index (κ1) is 16.6. The van der Waals surface area contributed by atoms with Gasteiger partial charge in [0.15, 0.2) is 10.9 Å². The Morgan fingerprint density at radius 1 is 1.42 bits per heavy atom. The largest absolute Gasteiger partial charge is 0.312 e. The van der Waals surface area contributed by atoms with Crippen LogP contribution in [0.1, 0.15) is 23.8 Å². The second-order valence-corrected chi connectivity index (χ2v) is 6.76. The molecule has 1 N–H and O–H groups in total. The lowest BCUT2D eigenvalue weighted by Crippen LogP contribution is -2.28. The molecular formula is C16H14ClN3O3S. The Balaban J connectivity index is 1.68. The van der Waals surface area contributed by atoms with Crippen LogP contribution in [-0.4, -0.2) is 29.1 Å². The molecule has 1 aromatic carbocycles. The summed E-state index contributed by atoms with van der Waals surface area (Å²) in [5, 5.41) is 5.16. The first-order chi connectivity index (χ1) is 11.4. The number of rotatable bonds is 4. The molecule has 24 heavy (non-hydrogen) atoms. The first-order valence-corrected chi connectivity index (χ1v) is 8.53. The summed E-state index contributed by atoms with van der Waals surface area (Å²) in [6.45, 7) is 1.70. The van der Waals surface area contributed by atoms with Crippen molar-refractivity contribution in [2.45, 2.75) is 13.3 Å². The summed E-state index contributed by atoms with van der Waals surface area (Å²) in [6, 6.07) is 6.96. The van der Waals surface area contributed by atoms with Crippen molar-refractivity contribution in [2.24, 2.45) is 5.92 Å². The molecule has 1 aromatic heterocycles. The Morgan fingerprint density at radius 2 is 2.21 bits per heavy atom. The number of hydrogen-bond donors (Lipinski definition) is 1. The quantitative estimate of drug-likeness (QED) is 0.847. The normalized spacial score (nSPS) is 17.2. The van der Waals surface area contributed by atoms with Gasteiger partial charge in [0.1, 0.15) is 5.69 Å². The van der Waals surface area contributed by atoms with Gasteiger partial charge in [-0.15, -0.1) is 11.3 Å². The van der Waals surface area contributed by atoms with Crippen molar-refractivity contribution in [3.8, 4) is 0 Å². The van der Waals surface area contributed by atoms with E-state index in [4.69, 9.17) is 11.6 Å². The number of halogens is 1. The van der Waals surface area contributed by atoms with Crippen molar-refractivity contribution in [3.05, 3.63) is 40.4 Å². The van der Waals surface area contributed by atoms with Gasteiger partial charge in [-0.2, -0.15) is 0 Å². The molecule has 0 radical (unpaired) electrons. The number of nitrogens with one attached hydrogen (secondary N) is 1. The van der Waals surface area contributed by atoms with E-state index in [1.165, 1.54) is 18.3 Å². The number of hydrogen-bond acceptors (Lipinski definition) is 5. The lowest BCUT2D eigenvalue weighted by atomic mass is 10.1. The van der Waals surface area contributed by atoms with Crippen LogP contribution in [-0.2, 0) is 9.59 Å². The van der Waals surface area contributed by atoms with Crippen LogP contribution >= 0.6 is 22.9 Å². The molecule has 0 spiro atoms. The Kier molecular flexibility index (Phi) is 4.64. The maximum absolute atomic E-state index is 12.3. The molecule has 1 aliphatic rings. The molecule has 1 unspecified atom stereocenters. The minimum absolute atomic E-state index is 0.124. The minimum atomic E-state index is -0.471. The van der Waals surface area contributed by atoms with Gasteiger partial charge in [-0.3, -0.25) is 14.4 Å². The second-order valence-electron chi connectivity index (χ2n) is 5.47. The number of aromatic nitrogens is 1. The van der Waals surface area contributed by atoms with Gasteiger partial charge in [0.25, 0.3) is 0 Å². The van der Waals surface area contributed by atoms with Gasteiger partial charge in [-0.25, -0.2) is 4.98 Å². The monoisotopic (exact) mass is 363 g/mol. The lowest BCUT2D eigenvalue weighted by molar-refractivity contribution is -0.122. The standard InChI is InChI=1S/C16H14ClN3O3S/c1-9(21)13-8-24-16(18-13)19-15(23)10-5-14(22)20(7-10)12-4-2-3-11(17)6-12/h2-4,6,8,10H,5,7H2,1H3,(H,18,19,23). The molecule has 0 saturated carbocycles. The summed E-state index contributed by atoms with van der Waals surface area (Å²) in [4.78, 5) is 41.4. The molecule has 8 heteroatoms. The van der Waals surface area contributed by atoms with Crippen LogP contribution in [0.3, 0.4) is 0 Å². The summed E-state index contributed by atoms with van der Waals surface area (Å²) in [7, 11) is 0. The fourth-order valence-electron chi connectivity index (χ4n) is 2.48. The number of Topliss-reactive ketones (excluding diaryl/α,β-unsaturated/α-hetero) is 1. The smallest absolute Gasteiger partial charge is 0.231 e. The van der Waals surface area contributed by atoms with Gasteiger partial charge in [0, 0.05) is 36.0 Å². The van der Waals surface area contributed by atoms with E-state index < -0.39 is 5.92 Å². The summed E-state index contributed by atoms with van der Waals surface area (Å²) in [5.74, 6) is -1.03. The SMILES string of the molecule is CC(=O)c1csc(NC(=O)C2CC(=O)N(c3cccc(Cl)c3)C2)n1. The molecule has 0 bridgehead atoms. The Bertz CT molecular complexity index is 820. The number of amides is 2. The summed E-state index contributed by atoms with van der Waals surface area (Å²) < 4.78 is 0. The van der Waals surface area contributed by atoms with Crippen LogP contribution in [0, 0.1) is 5.92 Å². The molecule has 2 amide bonds. The van der Waals surface area contributed by atoms with Gasteiger partial charge in [-0.1, -0.05) is 17.7 Å². The van der Waals surface area contributed by atoms with Crippen LogP contribution in [0.15, 0.2) is 29.6 Å². The van der Waals surface area contributed by atoms with E-state index in [1.807, 2.05) is 0 Å². The zero-order valence-corrected chi connectivity index (χ0v) is 14.4. The van der Waals surface area contributed by atoms with Gasteiger partial charge in [-0.05, 0) is 18.2 Å². The van der Waals surface area contributed by atoms with Crippen LogP contribution in [0.2, 0.25) is 5.02 Å².